The van der Waals surface area contributed by atoms with Gasteiger partial charge in [-0.1, -0.05) is 19.1 Å². The Bertz CT molecular complexity index is 368. The second-order valence-corrected chi connectivity index (χ2v) is 3.38. The highest BCUT2D eigenvalue weighted by Crippen LogP contribution is 2.21. The molecule has 7 heteroatoms. The summed E-state index contributed by atoms with van der Waals surface area (Å²) < 4.78 is 37.6. The van der Waals surface area contributed by atoms with Gasteiger partial charge in [0.2, 0.25) is 0 Å². The zero-order chi connectivity index (χ0) is 12.3. The van der Waals surface area contributed by atoms with E-state index in [1.54, 1.807) is 0 Å². The zero-order valence-electron chi connectivity index (χ0n) is 8.95. The average molecular weight is 235 g/mol. The van der Waals surface area contributed by atoms with Crippen molar-refractivity contribution in [3.63, 3.8) is 0 Å². The van der Waals surface area contributed by atoms with Gasteiger partial charge in [-0.25, -0.2) is 4.68 Å². The second-order valence-electron chi connectivity index (χ2n) is 3.38. The third-order valence-corrected chi connectivity index (χ3v) is 2.32. The molecule has 0 aliphatic carbocycles. The highest BCUT2D eigenvalue weighted by molar-refractivity contribution is 5.98. The van der Waals surface area contributed by atoms with Gasteiger partial charge in [-0.15, -0.1) is 5.10 Å². The van der Waals surface area contributed by atoms with Crippen LogP contribution in [0, 0.1) is 0 Å². The summed E-state index contributed by atoms with van der Waals surface area (Å²) in [6.45, 7) is 3.78. The summed E-state index contributed by atoms with van der Waals surface area (Å²) in [5, 5.41) is 6.78. The van der Waals surface area contributed by atoms with Gasteiger partial charge in [0, 0.05) is 0 Å². The summed E-state index contributed by atoms with van der Waals surface area (Å²) in [6.07, 6.45) is -2.40. The van der Waals surface area contributed by atoms with Crippen LogP contribution in [0.15, 0.2) is 6.20 Å². The van der Waals surface area contributed by atoms with E-state index in [9.17, 15) is 18.0 Å². The van der Waals surface area contributed by atoms with Crippen molar-refractivity contribution in [3.8, 4) is 0 Å². The van der Waals surface area contributed by atoms with Gasteiger partial charge >= 0.3 is 6.18 Å². The smallest absolute Gasteiger partial charge is 0.282 e. The number of hydrogen-bond acceptors (Lipinski definition) is 3. The number of alkyl halides is 3. The van der Waals surface area contributed by atoms with Gasteiger partial charge in [-0.05, 0) is 12.8 Å². The molecule has 0 fully saturated rings. The Labute approximate surface area is 90.4 Å². The maximum atomic E-state index is 12.1. The van der Waals surface area contributed by atoms with Crippen LogP contribution < -0.4 is 0 Å². The molecule has 0 saturated carbocycles. The molecule has 0 radical (unpaired) electrons. The van der Waals surface area contributed by atoms with E-state index >= 15 is 0 Å². The summed E-state index contributed by atoms with van der Waals surface area (Å²) in [6, 6.07) is -0.0257. The number of ketones is 1. The fraction of sp³-hybridized carbons (Fsp3) is 0.667. The van der Waals surface area contributed by atoms with Crippen LogP contribution in [0.5, 0.6) is 0 Å². The lowest BCUT2D eigenvalue weighted by Gasteiger charge is -2.10. The van der Waals surface area contributed by atoms with Crippen molar-refractivity contribution in [1.29, 1.82) is 0 Å². The van der Waals surface area contributed by atoms with Crippen LogP contribution in [-0.2, 0) is 0 Å². The molecular formula is C9H12F3N3O. The molecule has 0 N–H and O–H groups in total. The number of halogens is 3. The Morgan fingerprint density at radius 3 is 2.44 bits per heavy atom. The topological polar surface area (TPSA) is 47.8 Å². The lowest BCUT2D eigenvalue weighted by Crippen LogP contribution is -2.23. The second kappa shape index (κ2) is 4.63. The van der Waals surface area contributed by atoms with E-state index in [0.29, 0.717) is 0 Å². The largest absolute Gasteiger partial charge is 0.456 e. The zero-order valence-corrected chi connectivity index (χ0v) is 8.95. The summed E-state index contributed by atoms with van der Waals surface area (Å²) in [7, 11) is 0. The molecule has 1 aromatic rings. The highest BCUT2D eigenvalue weighted by atomic mass is 19.4. The molecule has 0 aromatic carbocycles. The van der Waals surface area contributed by atoms with Crippen LogP contribution >= 0.6 is 0 Å². The van der Waals surface area contributed by atoms with Crippen LogP contribution in [0.2, 0.25) is 0 Å². The van der Waals surface area contributed by atoms with Crippen molar-refractivity contribution in [3.05, 3.63) is 11.9 Å². The third kappa shape index (κ3) is 2.59. The van der Waals surface area contributed by atoms with Crippen LogP contribution in [0.25, 0.3) is 0 Å². The molecule has 16 heavy (non-hydrogen) atoms. The minimum atomic E-state index is -4.89. The molecule has 1 rings (SSSR count). The van der Waals surface area contributed by atoms with Crippen molar-refractivity contribution in [2.45, 2.75) is 38.9 Å². The fourth-order valence-electron chi connectivity index (χ4n) is 1.37. The molecule has 0 aliphatic rings. The Kier molecular flexibility index (Phi) is 3.66. The number of aromatic nitrogens is 3. The summed E-state index contributed by atoms with van der Waals surface area (Å²) in [4.78, 5) is 10.8. The van der Waals surface area contributed by atoms with Gasteiger partial charge in [-0.3, -0.25) is 4.79 Å². The van der Waals surface area contributed by atoms with E-state index in [1.807, 2.05) is 13.8 Å². The predicted octanol–water partition coefficient (Wildman–Crippen LogP) is 2.38. The van der Waals surface area contributed by atoms with Gasteiger partial charge in [0.15, 0.2) is 5.69 Å². The van der Waals surface area contributed by atoms with Crippen molar-refractivity contribution >= 4 is 5.78 Å². The van der Waals surface area contributed by atoms with E-state index in [1.165, 1.54) is 4.68 Å². The Hall–Kier alpha value is -1.40. The van der Waals surface area contributed by atoms with Gasteiger partial charge in [0.05, 0.1) is 12.2 Å². The first kappa shape index (κ1) is 12.7. The Balaban J connectivity index is 2.91. The number of carbonyl (C=O) groups excluding carboxylic acids is 1. The van der Waals surface area contributed by atoms with Gasteiger partial charge in [0.1, 0.15) is 0 Å². The number of hydrogen-bond donors (Lipinski definition) is 0. The standard InChI is InChI=1S/C9H12F3N3O/c1-3-6(4-2)15-5-7(13-14-15)8(16)9(10,11)12/h5-6H,3-4H2,1-2H3. The first-order chi connectivity index (χ1) is 7.40. The van der Waals surface area contributed by atoms with Crippen LogP contribution in [0.4, 0.5) is 13.2 Å². The molecule has 0 saturated heterocycles. The Morgan fingerprint density at radius 1 is 1.44 bits per heavy atom. The third-order valence-electron chi connectivity index (χ3n) is 2.32. The fourth-order valence-corrected chi connectivity index (χ4v) is 1.37. The predicted molar refractivity (Wildman–Crippen MR) is 50.0 cm³/mol. The van der Waals surface area contributed by atoms with Gasteiger partial charge in [-0.2, -0.15) is 13.2 Å². The van der Waals surface area contributed by atoms with Crippen molar-refractivity contribution in [1.82, 2.24) is 15.0 Å². The normalized spacial score (nSPS) is 12.1. The van der Waals surface area contributed by atoms with Crippen molar-refractivity contribution < 1.29 is 18.0 Å². The maximum absolute atomic E-state index is 12.1. The number of rotatable bonds is 4. The monoisotopic (exact) mass is 235 g/mol. The molecule has 90 valence electrons. The van der Waals surface area contributed by atoms with E-state index in [2.05, 4.69) is 10.3 Å². The number of nitrogens with zero attached hydrogens (tertiary/aromatic N) is 3. The maximum Gasteiger partial charge on any atom is 0.456 e. The lowest BCUT2D eigenvalue weighted by atomic mass is 10.2. The van der Waals surface area contributed by atoms with Crippen LogP contribution in [-0.4, -0.2) is 27.0 Å². The van der Waals surface area contributed by atoms with Crippen molar-refractivity contribution in [2.24, 2.45) is 0 Å². The minimum absolute atomic E-state index is 0.0257. The summed E-state index contributed by atoms with van der Waals surface area (Å²) in [5.74, 6) is -1.95. The summed E-state index contributed by atoms with van der Waals surface area (Å²) in [5.41, 5.74) is -0.653. The molecule has 0 amide bonds. The van der Waals surface area contributed by atoms with Gasteiger partial charge in [0.25, 0.3) is 5.78 Å². The first-order valence-electron chi connectivity index (χ1n) is 4.93. The molecule has 1 heterocycles. The molecule has 1 aromatic heterocycles. The molecule has 0 unspecified atom stereocenters. The number of Topliss-reactive ketones (excluding diaryl/α,β-unsaturated/α-hetero) is 1. The highest BCUT2D eigenvalue weighted by Gasteiger charge is 2.41. The molecular weight excluding hydrogens is 223 g/mol. The van der Waals surface area contributed by atoms with E-state index in [4.69, 9.17) is 0 Å². The number of carbonyl (C=O) groups is 1. The molecule has 0 spiro atoms. The van der Waals surface area contributed by atoms with E-state index in [0.717, 1.165) is 19.0 Å². The lowest BCUT2D eigenvalue weighted by molar-refractivity contribution is -0.0888. The first-order valence-corrected chi connectivity index (χ1v) is 4.93. The molecule has 0 bridgehead atoms. The SMILES string of the molecule is CCC(CC)n1cc(C(=O)C(F)(F)F)nn1. The van der Waals surface area contributed by atoms with Gasteiger partial charge < -0.3 is 0 Å². The van der Waals surface area contributed by atoms with E-state index in [-0.39, 0.29) is 6.04 Å². The molecule has 0 atom stereocenters. The molecule has 0 aliphatic heterocycles. The average Bonchev–Trinajstić information content (AvgIpc) is 2.66. The van der Waals surface area contributed by atoms with Crippen LogP contribution in [0.1, 0.15) is 43.2 Å². The Morgan fingerprint density at radius 2 is 2.00 bits per heavy atom. The quantitative estimate of drug-likeness (QED) is 0.753. The summed E-state index contributed by atoms with van der Waals surface area (Å²) >= 11 is 0. The van der Waals surface area contributed by atoms with Crippen LogP contribution in [0.3, 0.4) is 0 Å². The van der Waals surface area contributed by atoms with E-state index < -0.39 is 17.7 Å². The minimum Gasteiger partial charge on any atom is -0.282 e. The molecule has 4 nitrogen and oxygen atoms in total. The van der Waals surface area contributed by atoms with Crippen molar-refractivity contribution in [2.75, 3.05) is 0 Å².